The Hall–Kier alpha value is -1.33. The number of hydrogen-bond donors (Lipinski definition) is 2. The fourth-order valence-electron chi connectivity index (χ4n) is 2.65. The lowest BCUT2D eigenvalue weighted by Gasteiger charge is -2.35. The van der Waals surface area contributed by atoms with E-state index in [1.165, 1.54) is 0 Å². The van der Waals surface area contributed by atoms with E-state index in [9.17, 15) is 9.50 Å². The van der Waals surface area contributed by atoms with Crippen molar-refractivity contribution in [3.63, 3.8) is 0 Å². The number of piperazine rings is 1. The standard InChI is InChI=1S/C14H21FN2O2/c1-19-13-4-2-3-12(18)14(13)11(5-6-15)17-9-7-16-8-10-17/h2-4,11,16,18H,5-10H2,1H3/t11-/m1/s1. The van der Waals surface area contributed by atoms with Crippen LogP contribution >= 0.6 is 0 Å². The predicted octanol–water partition coefficient (Wildman–Crippen LogP) is 1.71. The van der Waals surface area contributed by atoms with Crippen molar-refractivity contribution in [2.45, 2.75) is 12.5 Å². The van der Waals surface area contributed by atoms with Crippen LogP contribution in [0.25, 0.3) is 0 Å². The quantitative estimate of drug-likeness (QED) is 0.853. The van der Waals surface area contributed by atoms with Gasteiger partial charge in [-0.15, -0.1) is 0 Å². The van der Waals surface area contributed by atoms with Crippen LogP contribution in [0.4, 0.5) is 4.39 Å². The first kappa shape index (κ1) is 14.1. The van der Waals surface area contributed by atoms with E-state index < -0.39 is 6.67 Å². The lowest BCUT2D eigenvalue weighted by molar-refractivity contribution is 0.152. The Morgan fingerprint density at radius 1 is 1.42 bits per heavy atom. The average molecular weight is 268 g/mol. The van der Waals surface area contributed by atoms with Gasteiger partial charge in [0.15, 0.2) is 0 Å². The Labute approximate surface area is 113 Å². The number of methoxy groups -OCH3 is 1. The minimum Gasteiger partial charge on any atom is -0.507 e. The van der Waals surface area contributed by atoms with Crippen LogP contribution in [-0.2, 0) is 0 Å². The number of phenolic OH excluding ortho intramolecular Hbond substituents is 1. The van der Waals surface area contributed by atoms with Gasteiger partial charge < -0.3 is 15.2 Å². The molecule has 0 aromatic heterocycles. The fraction of sp³-hybridized carbons (Fsp3) is 0.571. The number of halogens is 1. The molecular weight excluding hydrogens is 247 g/mol. The van der Waals surface area contributed by atoms with Crippen LogP contribution in [0.2, 0.25) is 0 Å². The number of hydrogen-bond acceptors (Lipinski definition) is 4. The van der Waals surface area contributed by atoms with Crippen LogP contribution in [0, 0.1) is 0 Å². The van der Waals surface area contributed by atoms with E-state index in [0.29, 0.717) is 17.7 Å². The van der Waals surface area contributed by atoms with Gasteiger partial charge in [0.1, 0.15) is 11.5 Å². The summed E-state index contributed by atoms with van der Waals surface area (Å²) in [5.41, 5.74) is 0.699. The molecule has 0 radical (unpaired) electrons. The highest BCUT2D eigenvalue weighted by atomic mass is 19.1. The number of alkyl halides is 1. The molecule has 0 spiro atoms. The van der Waals surface area contributed by atoms with Gasteiger partial charge in [0.05, 0.1) is 19.3 Å². The van der Waals surface area contributed by atoms with Crippen molar-refractivity contribution < 1.29 is 14.2 Å². The molecule has 2 rings (SSSR count). The van der Waals surface area contributed by atoms with Crippen molar-refractivity contribution >= 4 is 0 Å². The number of phenols is 1. The molecule has 1 atom stereocenters. The molecule has 0 aliphatic carbocycles. The maximum atomic E-state index is 12.9. The third-order valence-corrected chi connectivity index (χ3v) is 3.57. The minimum atomic E-state index is -0.411. The van der Waals surface area contributed by atoms with E-state index in [0.717, 1.165) is 26.2 Å². The molecule has 106 valence electrons. The van der Waals surface area contributed by atoms with E-state index in [-0.39, 0.29) is 11.8 Å². The lowest BCUT2D eigenvalue weighted by Crippen LogP contribution is -2.45. The van der Waals surface area contributed by atoms with Gasteiger partial charge in [0, 0.05) is 32.2 Å². The number of aromatic hydroxyl groups is 1. The predicted molar refractivity (Wildman–Crippen MR) is 72.4 cm³/mol. The summed E-state index contributed by atoms with van der Waals surface area (Å²) in [6.45, 7) is 3.06. The zero-order valence-electron chi connectivity index (χ0n) is 11.2. The monoisotopic (exact) mass is 268 g/mol. The van der Waals surface area contributed by atoms with Crippen LogP contribution in [0.3, 0.4) is 0 Å². The second kappa shape index (κ2) is 6.73. The van der Waals surface area contributed by atoms with E-state index in [4.69, 9.17) is 4.74 Å². The molecule has 5 heteroatoms. The maximum Gasteiger partial charge on any atom is 0.127 e. The molecule has 19 heavy (non-hydrogen) atoms. The first-order valence-electron chi connectivity index (χ1n) is 6.64. The zero-order chi connectivity index (χ0) is 13.7. The highest BCUT2D eigenvalue weighted by molar-refractivity contribution is 5.46. The van der Waals surface area contributed by atoms with Gasteiger partial charge in [-0.05, 0) is 18.6 Å². The largest absolute Gasteiger partial charge is 0.507 e. The highest BCUT2D eigenvalue weighted by Crippen LogP contribution is 2.38. The van der Waals surface area contributed by atoms with E-state index in [2.05, 4.69) is 10.2 Å². The summed E-state index contributed by atoms with van der Waals surface area (Å²) in [6, 6.07) is 5.04. The first-order valence-corrected chi connectivity index (χ1v) is 6.64. The van der Waals surface area contributed by atoms with Gasteiger partial charge in [0.25, 0.3) is 0 Å². The number of ether oxygens (including phenoxy) is 1. The van der Waals surface area contributed by atoms with Gasteiger partial charge in [-0.3, -0.25) is 9.29 Å². The second-order valence-corrected chi connectivity index (χ2v) is 4.67. The molecule has 1 aromatic rings. The molecule has 1 fully saturated rings. The fourth-order valence-corrected chi connectivity index (χ4v) is 2.65. The topological polar surface area (TPSA) is 44.7 Å². The molecule has 2 N–H and O–H groups in total. The third-order valence-electron chi connectivity index (χ3n) is 3.57. The van der Waals surface area contributed by atoms with Gasteiger partial charge in [-0.1, -0.05) is 6.07 Å². The Morgan fingerprint density at radius 2 is 2.16 bits per heavy atom. The normalized spacial score (nSPS) is 18.2. The third kappa shape index (κ3) is 3.16. The first-order chi connectivity index (χ1) is 9.27. The molecule has 0 bridgehead atoms. The molecule has 1 saturated heterocycles. The number of benzene rings is 1. The van der Waals surface area contributed by atoms with Crippen molar-refractivity contribution in [3.8, 4) is 11.5 Å². The van der Waals surface area contributed by atoms with Crippen molar-refractivity contribution in [1.82, 2.24) is 10.2 Å². The van der Waals surface area contributed by atoms with Crippen molar-refractivity contribution in [1.29, 1.82) is 0 Å². The summed E-state index contributed by atoms with van der Waals surface area (Å²) < 4.78 is 18.2. The minimum absolute atomic E-state index is 0.136. The number of rotatable bonds is 5. The van der Waals surface area contributed by atoms with Crippen molar-refractivity contribution in [3.05, 3.63) is 23.8 Å². The highest BCUT2D eigenvalue weighted by Gasteiger charge is 2.27. The molecule has 1 aliphatic rings. The molecule has 0 amide bonds. The number of nitrogens with one attached hydrogen (secondary N) is 1. The molecule has 1 heterocycles. The average Bonchev–Trinajstić information content (AvgIpc) is 2.46. The SMILES string of the molecule is COc1cccc(O)c1[C@@H](CCF)N1CCNCC1. The van der Waals surface area contributed by atoms with E-state index >= 15 is 0 Å². The van der Waals surface area contributed by atoms with Gasteiger partial charge in [-0.2, -0.15) is 0 Å². The van der Waals surface area contributed by atoms with Crippen LogP contribution in [0.1, 0.15) is 18.0 Å². The van der Waals surface area contributed by atoms with Gasteiger partial charge >= 0.3 is 0 Å². The molecule has 1 aromatic carbocycles. The Balaban J connectivity index is 2.32. The van der Waals surface area contributed by atoms with Crippen LogP contribution in [0.5, 0.6) is 11.5 Å². The van der Waals surface area contributed by atoms with Crippen LogP contribution < -0.4 is 10.1 Å². The molecule has 1 aliphatic heterocycles. The Kier molecular flexibility index (Phi) is 4.99. The Morgan fingerprint density at radius 3 is 2.79 bits per heavy atom. The zero-order valence-corrected chi connectivity index (χ0v) is 11.2. The van der Waals surface area contributed by atoms with Crippen molar-refractivity contribution in [2.75, 3.05) is 40.0 Å². The smallest absolute Gasteiger partial charge is 0.127 e. The molecule has 0 saturated carbocycles. The van der Waals surface area contributed by atoms with Crippen LogP contribution in [-0.4, -0.2) is 50.0 Å². The summed E-state index contributed by atoms with van der Waals surface area (Å²) in [5.74, 6) is 0.799. The summed E-state index contributed by atoms with van der Waals surface area (Å²) in [4.78, 5) is 2.20. The van der Waals surface area contributed by atoms with E-state index in [1.54, 1.807) is 19.2 Å². The molecule has 0 unspecified atom stereocenters. The lowest BCUT2D eigenvalue weighted by atomic mass is 9.99. The number of nitrogens with zero attached hydrogens (tertiary/aromatic N) is 1. The van der Waals surface area contributed by atoms with Crippen molar-refractivity contribution in [2.24, 2.45) is 0 Å². The molecule has 4 nitrogen and oxygen atoms in total. The van der Waals surface area contributed by atoms with Gasteiger partial charge in [-0.25, -0.2) is 0 Å². The summed E-state index contributed by atoms with van der Waals surface area (Å²) in [7, 11) is 1.57. The Bertz CT molecular complexity index is 408. The van der Waals surface area contributed by atoms with Crippen LogP contribution in [0.15, 0.2) is 18.2 Å². The molecular formula is C14H21FN2O2. The second-order valence-electron chi connectivity index (χ2n) is 4.67. The summed E-state index contributed by atoms with van der Waals surface area (Å²) >= 11 is 0. The summed E-state index contributed by atoms with van der Waals surface area (Å²) in [5, 5.41) is 13.4. The van der Waals surface area contributed by atoms with E-state index in [1.807, 2.05) is 6.07 Å². The summed E-state index contributed by atoms with van der Waals surface area (Å²) in [6.07, 6.45) is 0.369. The van der Waals surface area contributed by atoms with Gasteiger partial charge in [0.2, 0.25) is 0 Å². The maximum absolute atomic E-state index is 12.9.